The first-order valence-corrected chi connectivity index (χ1v) is 11.7. The van der Waals surface area contributed by atoms with Crippen molar-refractivity contribution in [2.75, 3.05) is 5.32 Å². The van der Waals surface area contributed by atoms with Crippen LogP contribution in [-0.2, 0) is 42.1 Å². The minimum Gasteiger partial charge on any atom is -0.447 e. The van der Waals surface area contributed by atoms with Crippen molar-refractivity contribution in [1.29, 1.82) is 0 Å². The number of sulfonamides is 1. The number of hydrogen-bond acceptors (Lipinski definition) is 5. The van der Waals surface area contributed by atoms with E-state index in [-0.39, 0.29) is 5.09 Å². The van der Waals surface area contributed by atoms with E-state index in [0.717, 1.165) is 61.8 Å². The molecule has 0 spiro atoms. The number of anilines is 1. The molecule has 29 heavy (non-hydrogen) atoms. The van der Waals surface area contributed by atoms with Crippen LogP contribution in [0, 0.1) is 0 Å². The summed E-state index contributed by atoms with van der Waals surface area (Å²) in [5, 5.41) is 12.5. The number of carbonyl (C=O) groups excluding carboxylic acids is 1. The molecule has 3 aliphatic rings. The highest BCUT2D eigenvalue weighted by Crippen LogP contribution is 2.38. The Morgan fingerprint density at radius 3 is 2.34 bits per heavy atom. The predicted molar refractivity (Wildman–Crippen MR) is 106 cm³/mol. The van der Waals surface area contributed by atoms with Gasteiger partial charge < -0.3 is 14.8 Å². The summed E-state index contributed by atoms with van der Waals surface area (Å²) in [5.41, 5.74) is 6.07. The van der Waals surface area contributed by atoms with Gasteiger partial charge >= 0.3 is 6.03 Å². The Bertz CT molecular complexity index is 1070. The van der Waals surface area contributed by atoms with Gasteiger partial charge in [0.1, 0.15) is 5.76 Å². The van der Waals surface area contributed by atoms with Crippen molar-refractivity contribution >= 4 is 21.7 Å². The Morgan fingerprint density at radius 1 is 1.00 bits per heavy atom. The van der Waals surface area contributed by atoms with Gasteiger partial charge in [0.15, 0.2) is 0 Å². The van der Waals surface area contributed by atoms with Gasteiger partial charge in [0.05, 0.1) is 6.10 Å². The van der Waals surface area contributed by atoms with Crippen molar-refractivity contribution in [3.8, 4) is 0 Å². The zero-order valence-corrected chi connectivity index (χ0v) is 16.9. The van der Waals surface area contributed by atoms with Gasteiger partial charge in [0.25, 0.3) is 10.0 Å². The van der Waals surface area contributed by atoms with Crippen molar-refractivity contribution in [2.24, 2.45) is 0 Å². The van der Waals surface area contributed by atoms with E-state index >= 15 is 0 Å². The highest BCUT2D eigenvalue weighted by molar-refractivity contribution is 7.89. The molecule has 8 heteroatoms. The third-order valence-electron chi connectivity index (χ3n) is 6.26. The van der Waals surface area contributed by atoms with Crippen LogP contribution in [0.15, 0.2) is 21.6 Å². The van der Waals surface area contributed by atoms with Crippen LogP contribution in [-0.4, -0.2) is 19.6 Å². The second kappa shape index (κ2) is 6.88. The largest absolute Gasteiger partial charge is 0.447 e. The number of aliphatic hydroxyl groups excluding tert-OH is 1. The molecular weight excluding hydrogens is 392 g/mol. The number of urea groups is 1. The number of rotatable bonds is 3. The number of fused-ring (bicyclic) bond motifs is 3. The van der Waals surface area contributed by atoms with Gasteiger partial charge in [-0.05, 0) is 73.6 Å². The summed E-state index contributed by atoms with van der Waals surface area (Å²) in [6.07, 6.45) is 7.05. The monoisotopic (exact) mass is 416 g/mol. The van der Waals surface area contributed by atoms with E-state index in [0.29, 0.717) is 24.2 Å². The molecule has 2 aromatic rings. The van der Waals surface area contributed by atoms with Crippen molar-refractivity contribution in [3.05, 3.63) is 45.7 Å². The average molecular weight is 416 g/mol. The van der Waals surface area contributed by atoms with E-state index in [9.17, 15) is 18.3 Å². The maximum Gasteiger partial charge on any atom is 0.333 e. The van der Waals surface area contributed by atoms with Crippen molar-refractivity contribution < 1.29 is 22.7 Å². The summed E-state index contributed by atoms with van der Waals surface area (Å²) in [6, 6.07) is 2.80. The lowest BCUT2D eigenvalue weighted by Gasteiger charge is -2.16. The molecule has 0 bridgehead atoms. The van der Waals surface area contributed by atoms with Crippen LogP contribution in [0.1, 0.15) is 65.4 Å². The first kappa shape index (κ1) is 18.7. The van der Waals surface area contributed by atoms with Crippen molar-refractivity contribution in [1.82, 2.24) is 4.72 Å². The van der Waals surface area contributed by atoms with Gasteiger partial charge in [-0.2, -0.15) is 8.42 Å². The molecule has 0 radical (unpaired) electrons. The first-order chi connectivity index (χ1) is 13.9. The van der Waals surface area contributed by atoms with E-state index in [1.54, 1.807) is 0 Å². The second-order valence-electron chi connectivity index (χ2n) is 8.15. The SMILES string of the molecule is O=C(Nc1c2c(cc3c1CCC3)CCC2)NS(=O)(=O)c1cc2c(o1)CCC[C@H]2O. The summed E-state index contributed by atoms with van der Waals surface area (Å²) in [4.78, 5) is 12.6. The van der Waals surface area contributed by atoms with E-state index in [1.807, 2.05) is 0 Å². The Morgan fingerprint density at radius 2 is 1.69 bits per heavy atom. The molecule has 1 heterocycles. The minimum atomic E-state index is -4.17. The van der Waals surface area contributed by atoms with Crippen molar-refractivity contribution in [2.45, 2.75) is 69.0 Å². The third-order valence-corrected chi connectivity index (χ3v) is 7.45. The number of hydrogen-bond donors (Lipinski definition) is 3. The molecule has 1 aromatic heterocycles. The molecular formula is C21H24N2O5S. The average Bonchev–Trinajstić information content (AvgIpc) is 3.40. The van der Waals surface area contributed by atoms with E-state index in [4.69, 9.17) is 4.42 Å². The number of aliphatic hydroxyl groups is 1. The Kier molecular flexibility index (Phi) is 4.43. The molecule has 0 saturated heterocycles. The maximum atomic E-state index is 12.7. The topological polar surface area (TPSA) is 109 Å². The van der Waals surface area contributed by atoms with Gasteiger partial charge in [-0.15, -0.1) is 0 Å². The number of amides is 2. The molecule has 0 saturated carbocycles. The third kappa shape index (κ3) is 3.24. The lowest BCUT2D eigenvalue weighted by Crippen LogP contribution is -2.34. The van der Waals surface area contributed by atoms with Gasteiger partial charge in [-0.25, -0.2) is 9.52 Å². The highest BCUT2D eigenvalue weighted by Gasteiger charge is 2.30. The molecule has 154 valence electrons. The number of carbonyl (C=O) groups is 1. The molecule has 0 fully saturated rings. The summed E-state index contributed by atoms with van der Waals surface area (Å²) < 4.78 is 32.9. The number of nitrogens with one attached hydrogen (secondary N) is 2. The molecule has 1 atom stereocenters. The molecule has 1 aromatic carbocycles. The molecule has 2 amide bonds. The van der Waals surface area contributed by atoms with Crippen LogP contribution in [0.2, 0.25) is 0 Å². The minimum absolute atomic E-state index is 0.331. The van der Waals surface area contributed by atoms with Crippen molar-refractivity contribution in [3.63, 3.8) is 0 Å². The van der Waals surface area contributed by atoms with Crippen LogP contribution >= 0.6 is 0 Å². The fraction of sp³-hybridized carbons (Fsp3) is 0.476. The lowest BCUT2D eigenvalue weighted by molar-refractivity contribution is 0.152. The summed E-state index contributed by atoms with van der Waals surface area (Å²) in [5.74, 6) is 0.475. The Labute approximate surface area is 169 Å². The van der Waals surface area contributed by atoms with E-state index in [2.05, 4.69) is 16.1 Å². The molecule has 3 aliphatic carbocycles. The summed E-state index contributed by atoms with van der Waals surface area (Å²) in [7, 11) is -4.17. The number of furan rings is 1. The second-order valence-corrected chi connectivity index (χ2v) is 9.76. The molecule has 3 N–H and O–H groups in total. The van der Waals surface area contributed by atoms with E-state index in [1.165, 1.54) is 17.2 Å². The van der Waals surface area contributed by atoms with Crippen LogP contribution in [0.25, 0.3) is 0 Å². The predicted octanol–water partition coefficient (Wildman–Crippen LogP) is 3.14. The van der Waals surface area contributed by atoms with Gasteiger partial charge in [-0.1, -0.05) is 6.07 Å². The quantitative estimate of drug-likeness (QED) is 0.712. The number of benzene rings is 1. The van der Waals surface area contributed by atoms with Crippen LogP contribution in [0.4, 0.5) is 10.5 Å². The van der Waals surface area contributed by atoms with Gasteiger partial charge in [0, 0.05) is 23.7 Å². The first-order valence-electron chi connectivity index (χ1n) is 10.2. The smallest absolute Gasteiger partial charge is 0.333 e. The summed E-state index contributed by atoms with van der Waals surface area (Å²) >= 11 is 0. The molecule has 0 unspecified atom stereocenters. The normalized spacial score (nSPS) is 20.1. The maximum absolute atomic E-state index is 12.7. The van der Waals surface area contributed by atoms with Gasteiger partial charge in [-0.3, -0.25) is 0 Å². The fourth-order valence-electron chi connectivity index (χ4n) is 4.92. The van der Waals surface area contributed by atoms with E-state index < -0.39 is 22.2 Å². The van der Waals surface area contributed by atoms with Crippen LogP contribution < -0.4 is 10.0 Å². The van der Waals surface area contributed by atoms with Crippen LogP contribution in [0.3, 0.4) is 0 Å². The Hall–Kier alpha value is -2.32. The number of aryl methyl sites for hydroxylation is 3. The van der Waals surface area contributed by atoms with Gasteiger partial charge in [0.2, 0.25) is 5.09 Å². The summed E-state index contributed by atoms with van der Waals surface area (Å²) in [6.45, 7) is 0. The standard InChI is InChI=1S/C21H24N2O5S/c24-17-8-3-9-18-16(17)11-19(28-18)29(26,27)23-21(25)22-20-14-6-1-4-12(14)10-13-5-2-7-15(13)20/h10-11,17,24H,1-9H2,(H2,22,23,25)/t17-/m1/s1. The zero-order valence-electron chi connectivity index (χ0n) is 16.1. The fourth-order valence-corrected chi connectivity index (χ4v) is 5.81. The van der Waals surface area contributed by atoms with Crippen LogP contribution in [0.5, 0.6) is 0 Å². The molecule has 5 rings (SSSR count). The molecule has 7 nitrogen and oxygen atoms in total. The lowest BCUT2D eigenvalue weighted by atomic mass is 9.96. The highest BCUT2D eigenvalue weighted by atomic mass is 32.2. The Balaban J connectivity index is 1.39. The zero-order chi connectivity index (χ0) is 20.2. The molecule has 0 aliphatic heterocycles.